The molecule has 0 aliphatic carbocycles. The van der Waals surface area contributed by atoms with Gasteiger partial charge >= 0.3 is 0 Å². The average Bonchev–Trinajstić information content (AvgIpc) is 2.69. The number of carbonyl (C=O) groups excluding carboxylic acids is 1. The van der Waals surface area contributed by atoms with Crippen molar-refractivity contribution < 1.29 is 4.79 Å². The van der Waals surface area contributed by atoms with E-state index < -0.39 is 6.04 Å². The Morgan fingerprint density at radius 1 is 1.53 bits per heavy atom. The molecule has 15 heavy (non-hydrogen) atoms. The van der Waals surface area contributed by atoms with Crippen LogP contribution in [0.2, 0.25) is 0 Å². The maximum Gasteiger partial charge on any atom is 0.258 e. The van der Waals surface area contributed by atoms with Gasteiger partial charge in [-0.15, -0.1) is 0 Å². The molecule has 6 nitrogen and oxygen atoms in total. The SMILES string of the molecule is CCc1nc(CC)n(C(C)C(=O)NN)n1. The van der Waals surface area contributed by atoms with E-state index in [0.29, 0.717) is 0 Å². The molecule has 1 rings (SSSR count). The molecule has 0 aromatic carbocycles. The molecule has 0 saturated heterocycles. The molecular weight excluding hydrogens is 194 g/mol. The summed E-state index contributed by atoms with van der Waals surface area (Å²) >= 11 is 0. The second-order valence-electron chi connectivity index (χ2n) is 3.28. The van der Waals surface area contributed by atoms with Crippen molar-refractivity contribution in [3.8, 4) is 0 Å². The van der Waals surface area contributed by atoms with Gasteiger partial charge in [-0.1, -0.05) is 13.8 Å². The monoisotopic (exact) mass is 211 g/mol. The molecule has 0 bridgehead atoms. The van der Waals surface area contributed by atoms with Gasteiger partial charge in [-0.05, 0) is 6.92 Å². The number of hydrogen-bond acceptors (Lipinski definition) is 4. The van der Waals surface area contributed by atoms with Crippen molar-refractivity contribution in [2.45, 2.75) is 39.7 Å². The van der Waals surface area contributed by atoms with Crippen LogP contribution in [0.5, 0.6) is 0 Å². The van der Waals surface area contributed by atoms with E-state index in [1.54, 1.807) is 11.6 Å². The summed E-state index contributed by atoms with van der Waals surface area (Å²) in [4.78, 5) is 15.7. The summed E-state index contributed by atoms with van der Waals surface area (Å²) in [5.41, 5.74) is 2.11. The molecule has 0 aliphatic rings. The number of carbonyl (C=O) groups is 1. The van der Waals surface area contributed by atoms with Gasteiger partial charge in [0.05, 0.1) is 0 Å². The van der Waals surface area contributed by atoms with Crippen LogP contribution in [-0.4, -0.2) is 20.7 Å². The number of rotatable bonds is 4. The van der Waals surface area contributed by atoms with Gasteiger partial charge < -0.3 is 0 Å². The summed E-state index contributed by atoms with van der Waals surface area (Å²) in [5.74, 6) is 6.38. The highest BCUT2D eigenvalue weighted by atomic mass is 16.2. The lowest BCUT2D eigenvalue weighted by Crippen LogP contribution is -2.36. The molecule has 1 atom stereocenters. The Labute approximate surface area is 88.8 Å². The van der Waals surface area contributed by atoms with E-state index in [2.05, 4.69) is 15.5 Å². The molecule has 84 valence electrons. The normalized spacial score (nSPS) is 12.5. The fraction of sp³-hybridized carbons (Fsp3) is 0.667. The lowest BCUT2D eigenvalue weighted by molar-refractivity contribution is -0.124. The molecule has 0 spiro atoms. The summed E-state index contributed by atoms with van der Waals surface area (Å²) in [5, 5.41) is 4.26. The highest BCUT2D eigenvalue weighted by molar-refractivity contribution is 5.79. The third kappa shape index (κ3) is 2.33. The molecule has 3 N–H and O–H groups in total. The van der Waals surface area contributed by atoms with E-state index >= 15 is 0 Å². The van der Waals surface area contributed by atoms with Gasteiger partial charge in [-0.3, -0.25) is 10.2 Å². The standard InChI is InChI=1S/C9H17N5O/c1-4-7-11-8(5-2)14(13-7)6(3)9(15)12-10/h6H,4-5,10H2,1-3H3,(H,12,15). The molecule has 0 saturated carbocycles. The predicted octanol–water partition coefficient (Wildman–Crippen LogP) is -0.0462. The minimum atomic E-state index is -0.419. The first kappa shape index (κ1) is 11.6. The molecule has 1 aromatic heterocycles. The van der Waals surface area contributed by atoms with Crippen LogP contribution in [-0.2, 0) is 17.6 Å². The van der Waals surface area contributed by atoms with Crippen LogP contribution in [0, 0.1) is 0 Å². The summed E-state index contributed by atoms with van der Waals surface area (Å²) in [6.45, 7) is 5.70. The zero-order valence-electron chi connectivity index (χ0n) is 9.32. The number of nitrogens with zero attached hydrogens (tertiary/aromatic N) is 3. The Bertz CT molecular complexity index is 346. The van der Waals surface area contributed by atoms with Crippen LogP contribution in [0.1, 0.15) is 38.5 Å². The van der Waals surface area contributed by atoms with Crippen molar-refractivity contribution in [2.75, 3.05) is 0 Å². The van der Waals surface area contributed by atoms with Crippen molar-refractivity contribution in [2.24, 2.45) is 5.84 Å². The number of amides is 1. The molecule has 1 heterocycles. The highest BCUT2D eigenvalue weighted by Crippen LogP contribution is 2.09. The Morgan fingerprint density at radius 3 is 2.67 bits per heavy atom. The van der Waals surface area contributed by atoms with Gasteiger partial charge in [0, 0.05) is 12.8 Å². The fourth-order valence-corrected chi connectivity index (χ4v) is 1.34. The molecular formula is C9H17N5O. The van der Waals surface area contributed by atoms with Gasteiger partial charge in [-0.25, -0.2) is 15.5 Å². The second kappa shape index (κ2) is 4.88. The molecule has 1 aromatic rings. The van der Waals surface area contributed by atoms with Crippen molar-refractivity contribution >= 4 is 5.91 Å². The maximum atomic E-state index is 11.4. The summed E-state index contributed by atoms with van der Waals surface area (Å²) in [7, 11) is 0. The molecule has 0 fully saturated rings. The molecule has 0 radical (unpaired) electrons. The number of hydrazine groups is 1. The Hall–Kier alpha value is -1.43. The van der Waals surface area contributed by atoms with Crippen molar-refractivity contribution in [1.29, 1.82) is 0 Å². The van der Waals surface area contributed by atoms with Crippen LogP contribution >= 0.6 is 0 Å². The summed E-state index contributed by atoms with van der Waals surface area (Å²) < 4.78 is 1.63. The topological polar surface area (TPSA) is 85.8 Å². The van der Waals surface area contributed by atoms with Crippen LogP contribution in [0.3, 0.4) is 0 Å². The first-order valence-corrected chi connectivity index (χ1v) is 5.08. The fourth-order valence-electron chi connectivity index (χ4n) is 1.34. The van der Waals surface area contributed by atoms with E-state index in [0.717, 1.165) is 24.5 Å². The average molecular weight is 211 g/mol. The molecule has 6 heteroatoms. The van der Waals surface area contributed by atoms with Crippen LogP contribution in [0.25, 0.3) is 0 Å². The molecule has 0 aliphatic heterocycles. The van der Waals surface area contributed by atoms with E-state index in [1.165, 1.54) is 0 Å². The van der Waals surface area contributed by atoms with Crippen molar-refractivity contribution in [3.63, 3.8) is 0 Å². The number of hydrogen-bond donors (Lipinski definition) is 2. The molecule has 1 amide bonds. The maximum absolute atomic E-state index is 11.4. The van der Waals surface area contributed by atoms with E-state index in [-0.39, 0.29) is 5.91 Å². The first-order valence-electron chi connectivity index (χ1n) is 5.08. The zero-order valence-corrected chi connectivity index (χ0v) is 9.32. The Kier molecular flexibility index (Phi) is 3.79. The van der Waals surface area contributed by atoms with Crippen LogP contribution in [0.4, 0.5) is 0 Å². The van der Waals surface area contributed by atoms with Gasteiger partial charge in [0.15, 0.2) is 5.82 Å². The van der Waals surface area contributed by atoms with Crippen molar-refractivity contribution in [1.82, 2.24) is 20.2 Å². The third-order valence-electron chi connectivity index (χ3n) is 2.27. The number of nitrogens with one attached hydrogen (secondary N) is 1. The smallest absolute Gasteiger partial charge is 0.258 e. The van der Waals surface area contributed by atoms with Gasteiger partial charge in [0.2, 0.25) is 0 Å². The zero-order chi connectivity index (χ0) is 11.4. The lowest BCUT2D eigenvalue weighted by Gasteiger charge is -2.11. The Balaban J connectivity index is 3.00. The van der Waals surface area contributed by atoms with E-state index in [9.17, 15) is 4.79 Å². The van der Waals surface area contributed by atoms with Crippen LogP contribution in [0.15, 0.2) is 0 Å². The molecule has 1 unspecified atom stereocenters. The Morgan fingerprint density at radius 2 is 2.20 bits per heavy atom. The summed E-state index contributed by atoms with van der Waals surface area (Å²) in [6, 6.07) is -0.419. The predicted molar refractivity (Wildman–Crippen MR) is 55.8 cm³/mol. The number of aromatic nitrogens is 3. The van der Waals surface area contributed by atoms with E-state index in [1.807, 2.05) is 13.8 Å². The van der Waals surface area contributed by atoms with Gasteiger partial charge in [-0.2, -0.15) is 5.10 Å². The van der Waals surface area contributed by atoms with Gasteiger partial charge in [0.25, 0.3) is 5.91 Å². The number of aryl methyl sites for hydroxylation is 2. The largest absolute Gasteiger partial charge is 0.292 e. The van der Waals surface area contributed by atoms with Gasteiger partial charge in [0.1, 0.15) is 11.9 Å². The van der Waals surface area contributed by atoms with E-state index in [4.69, 9.17) is 5.84 Å². The minimum Gasteiger partial charge on any atom is -0.292 e. The van der Waals surface area contributed by atoms with Crippen LogP contribution < -0.4 is 11.3 Å². The second-order valence-corrected chi connectivity index (χ2v) is 3.28. The minimum absolute atomic E-state index is 0.266. The first-order chi connectivity index (χ1) is 7.13. The third-order valence-corrected chi connectivity index (χ3v) is 2.27. The summed E-state index contributed by atoms with van der Waals surface area (Å²) in [6.07, 6.45) is 1.51. The lowest BCUT2D eigenvalue weighted by atomic mass is 10.3. The quantitative estimate of drug-likeness (QED) is 0.415. The highest BCUT2D eigenvalue weighted by Gasteiger charge is 2.18. The van der Waals surface area contributed by atoms with Crippen molar-refractivity contribution in [3.05, 3.63) is 11.6 Å². The number of nitrogens with two attached hydrogens (primary N) is 1.